The van der Waals surface area contributed by atoms with E-state index in [1.807, 2.05) is 43.3 Å². The van der Waals surface area contributed by atoms with Crippen molar-refractivity contribution in [2.75, 3.05) is 0 Å². The van der Waals surface area contributed by atoms with Crippen LogP contribution >= 0.6 is 0 Å². The highest BCUT2D eigenvalue weighted by atomic mass is 16.1. The molecule has 0 amide bonds. The molecule has 1 rings (SSSR count). The van der Waals surface area contributed by atoms with Gasteiger partial charge in [0.25, 0.3) is 0 Å². The topological polar surface area (TPSA) is 17.1 Å². The molecule has 0 fully saturated rings. The number of allylic oxidation sites excluding steroid dienone is 2. The van der Waals surface area contributed by atoms with Crippen LogP contribution in [0.3, 0.4) is 0 Å². The van der Waals surface area contributed by atoms with Crippen LogP contribution in [0.25, 0.3) is 5.57 Å². The van der Waals surface area contributed by atoms with Crippen molar-refractivity contribution in [3.05, 3.63) is 42.0 Å². The third kappa shape index (κ3) is 4.87. The maximum absolute atomic E-state index is 12.1. The molecule has 0 spiro atoms. The normalized spacial score (nSPS) is 11.6. The van der Waals surface area contributed by atoms with Gasteiger partial charge < -0.3 is 0 Å². The lowest BCUT2D eigenvalue weighted by Gasteiger charge is -2.06. The lowest BCUT2D eigenvalue weighted by molar-refractivity contribution is -0.113. The van der Waals surface area contributed by atoms with Crippen LogP contribution in [0.2, 0.25) is 0 Å². The second-order valence-corrected chi connectivity index (χ2v) is 4.66. The minimum absolute atomic E-state index is 0.278. The Morgan fingerprint density at radius 3 is 2.33 bits per heavy atom. The second kappa shape index (κ2) is 8.68. The maximum atomic E-state index is 12.1. The molecule has 98 valence electrons. The molecule has 0 unspecified atom stereocenters. The highest BCUT2D eigenvalue weighted by Crippen LogP contribution is 2.18. The summed E-state index contributed by atoms with van der Waals surface area (Å²) in [7, 11) is 0. The Balaban J connectivity index is 2.45. The van der Waals surface area contributed by atoms with Gasteiger partial charge in [0.15, 0.2) is 5.78 Å². The van der Waals surface area contributed by atoms with Crippen LogP contribution in [0.4, 0.5) is 0 Å². The van der Waals surface area contributed by atoms with E-state index < -0.39 is 0 Å². The molecule has 0 heterocycles. The predicted molar refractivity (Wildman–Crippen MR) is 78.5 cm³/mol. The molecule has 0 saturated heterocycles. The van der Waals surface area contributed by atoms with Crippen molar-refractivity contribution in [1.82, 2.24) is 0 Å². The van der Waals surface area contributed by atoms with E-state index in [2.05, 4.69) is 6.92 Å². The van der Waals surface area contributed by atoms with E-state index in [1.54, 1.807) is 0 Å². The zero-order valence-electron chi connectivity index (χ0n) is 11.6. The van der Waals surface area contributed by atoms with E-state index in [0.29, 0.717) is 6.42 Å². The first kappa shape index (κ1) is 14.7. The van der Waals surface area contributed by atoms with Gasteiger partial charge in [-0.3, -0.25) is 4.79 Å². The van der Waals surface area contributed by atoms with Gasteiger partial charge in [-0.2, -0.15) is 0 Å². The van der Waals surface area contributed by atoms with Crippen molar-refractivity contribution >= 4 is 11.4 Å². The number of benzene rings is 1. The van der Waals surface area contributed by atoms with Crippen LogP contribution in [0.1, 0.15) is 57.9 Å². The molecule has 0 aromatic heterocycles. The molecule has 0 aliphatic carbocycles. The number of Topliss-reactive ketones (excluding diaryl/α,β-unsaturated/α-hetero) is 1. The summed E-state index contributed by atoms with van der Waals surface area (Å²) in [5.41, 5.74) is 1.91. The molecule has 1 heteroatoms. The zero-order valence-corrected chi connectivity index (χ0v) is 11.6. The largest absolute Gasteiger partial charge is 0.294 e. The fourth-order valence-electron chi connectivity index (χ4n) is 2.13. The molecule has 0 N–H and O–H groups in total. The first-order chi connectivity index (χ1) is 8.79. The lowest BCUT2D eigenvalue weighted by Crippen LogP contribution is -2.01. The lowest BCUT2D eigenvalue weighted by atomic mass is 9.97. The van der Waals surface area contributed by atoms with Crippen molar-refractivity contribution in [1.29, 1.82) is 0 Å². The van der Waals surface area contributed by atoms with E-state index in [0.717, 1.165) is 17.6 Å². The predicted octanol–water partition coefficient (Wildman–Crippen LogP) is 5.02. The van der Waals surface area contributed by atoms with Gasteiger partial charge in [-0.15, -0.1) is 0 Å². The van der Waals surface area contributed by atoms with Crippen LogP contribution in [0.5, 0.6) is 0 Å². The highest BCUT2D eigenvalue weighted by molar-refractivity contribution is 6.20. The first-order valence-electron chi connectivity index (χ1n) is 7.04. The van der Waals surface area contributed by atoms with E-state index >= 15 is 0 Å². The standard InChI is InChI=1S/C17H24O/c1-3-5-6-7-11-14-17(18)16(4-2)15-12-9-8-10-13-15/h4,8-10,12-13H,3,5-7,11,14H2,1-2H3/b16-4+. The van der Waals surface area contributed by atoms with Crippen molar-refractivity contribution in [3.8, 4) is 0 Å². The summed E-state index contributed by atoms with van der Waals surface area (Å²) < 4.78 is 0. The molecule has 0 atom stereocenters. The SMILES string of the molecule is C/C=C(/C(=O)CCCCCCC)c1ccccc1. The van der Waals surface area contributed by atoms with Gasteiger partial charge >= 0.3 is 0 Å². The average Bonchev–Trinajstić information content (AvgIpc) is 2.40. The van der Waals surface area contributed by atoms with E-state index in [-0.39, 0.29) is 5.78 Å². The van der Waals surface area contributed by atoms with E-state index in [9.17, 15) is 4.79 Å². The summed E-state index contributed by atoms with van der Waals surface area (Å²) >= 11 is 0. The molecule has 1 nitrogen and oxygen atoms in total. The van der Waals surface area contributed by atoms with Crippen LogP contribution in [0.15, 0.2) is 36.4 Å². The second-order valence-electron chi connectivity index (χ2n) is 4.66. The van der Waals surface area contributed by atoms with Gasteiger partial charge in [0, 0.05) is 12.0 Å². The Hall–Kier alpha value is -1.37. The smallest absolute Gasteiger partial charge is 0.163 e. The third-order valence-corrected chi connectivity index (χ3v) is 3.18. The van der Waals surface area contributed by atoms with Gasteiger partial charge in [-0.25, -0.2) is 0 Å². The Morgan fingerprint density at radius 2 is 1.72 bits per heavy atom. The molecular weight excluding hydrogens is 220 g/mol. The van der Waals surface area contributed by atoms with Gasteiger partial charge in [0.2, 0.25) is 0 Å². The highest BCUT2D eigenvalue weighted by Gasteiger charge is 2.09. The molecule has 0 bridgehead atoms. The summed E-state index contributed by atoms with van der Waals surface area (Å²) in [6.07, 6.45) is 8.58. The Morgan fingerprint density at radius 1 is 1.06 bits per heavy atom. The molecule has 1 aromatic rings. The summed E-state index contributed by atoms with van der Waals surface area (Å²) in [5.74, 6) is 0.278. The zero-order chi connectivity index (χ0) is 13.2. The summed E-state index contributed by atoms with van der Waals surface area (Å²) in [5, 5.41) is 0. The summed E-state index contributed by atoms with van der Waals surface area (Å²) in [6.45, 7) is 4.15. The minimum atomic E-state index is 0.278. The number of ketones is 1. The number of unbranched alkanes of at least 4 members (excludes halogenated alkanes) is 4. The number of hydrogen-bond donors (Lipinski definition) is 0. The maximum Gasteiger partial charge on any atom is 0.163 e. The molecule has 1 aromatic carbocycles. The van der Waals surface area contributed by atoms with Crippen LogP contribution in [0, 0.1) is 0 Å². The van der Waals surface area contributed by atoms with E-state index in [4.69, 9.17) is 0 Å². The molecule has 0 aliphatic heterocycles. The fraction of sp³-hybridized carbons (Fsp3) is 0.471. The van der Waals surface area contributed by atoms with Gasteiger partial charge in [-0.1, -0.05) is 69.0 Å². The Kier molecular flexibility index (Phi) is 7.09. The number of carbonyl (C=O) groups is 1. The minimum Gasteiger partial charge on any atom is -0.294 e. The van der Waals surface area contributed by atoms with Crippen molar-refractivity contribution in [3.63, 3.8) is 0 Å². The fourth-order valence-corrected chi connectivity index (χ4v) is 2.13. The molecule has 0 aliphatic rings. The van der Waals surface area contributed by atoms with Crippen LogP contribution in [-0.2, 0) is 4.79 Å². The van der Waals surface area contributed by atoms with Crippen LogP contribution in [-0.4, -0.2) is 5.78 Å². The van der Waals surface area contributed by atoms with Crippen molar-refractivity contribution < 1.29 is 4.79 Å². The Bertz CT molecular complexity index is 376. The first-order valence-corrected chi connectivity index (χ1v) is 7.04. The molecular formula is C17H24O. The number of rotatable bonds is 8. The molecule has 0 radical (unpaired) electrons. The van der Waals surface area contributed by atoms with E-state index in [1.165, 1.54) is 25.7 Å². The van der Waals surface area contributed by atoms with Crippen LogP contribution < -0.4 is 0 Å². The number of hydrogen-bond acceptors (Lipinski definition) is 1. The van der Waals surface area contributed by atoms with Gasteiger partial charge in [0.05, 0.1) is 0 Å². The monoisotopic (exact) mass is 244 g/mol. The molecule has 0 saturated carbocycles. The van der Waals surface area contributed by atoms with Gasteiger partial charge in [0.1, 0.15) is 0 Å². The number of carbonyl (C=O) groups excluding carboxylic acids is 1. The van der Waals surface area contributed by atoms with Crippen molar-refractivity contribution in [2.24, 2.45) is 0 Å². The summed E-state index contributed by atoms with van der Waals surface area (Å²) in [6, 6.07) is 9.95. The Labute approximate surface area is 111 Å². The molecule has 18 heavy (non-hydrogen) atoms. The van der Waals surface area contributed by atoms with Gasteiger partial charge in [-0.05, 0) is 18.9 Å². The summed E-state index contributed by atoms with van der Waals surface area (Å²) in [4.78, 5) is 12.1. The quantitative estimate of drug-likeness (QED) is 0.463. The average molecular weight is 244 g/mol. The van der Waals surface area contributed by atoms with Crippen molar-refractivity contribution in [2.45, 2.75) is 52.4 Å². The third-order valence-electron chi connectivity index (χ3n) is 3.18.